The predicted octanol–water partition coefficient (Wildman–Crippen LogP) is 1.82. The number of hydrogen-bond donors (Lipinski definition) is 2. The molecule has 0 atom stereocenters. The molecule has 0 aromatic carbocycles. The Morgan fingerprint density at radius 3 is 2.89 bits per heavy atom. The van der Waals surface area contributed by atoms with E-state index < -0.39 is 0 Å². The predicted molar refractivity (Wildman–Crippen MR) is 71.0 cm³/mol. The van der Waals surface area contributed by atoms with Gasteiger partial charge in [-0.3, -0.25) is 4.79 Å². The van der Waals surface area contributed by atoms with Crippen molar-refractivity contribution in [1.82, 2.24) is 19.9 Å². The summed E-state index contributed by atoms with van der Waals surface area (Å²) in [7, 11) is 0. The number of nitrogen functional groups attached to an aromatic ring is 1. The van der Waals surface area contributed by atoms with Crippen LogP contribution in [0.3, 0.4) is 0 Å². The lowest BCUT2D eigenvalue weighted by Crippen LogP contribution is -2.10. The highest BCUT2D eigenvalue weighted by Gasteiger charge is 2.19. The quantitative estimate of drug-likeness (QED) is 0.694. The van der Waals surface area contributed by atoms with E-state index >= 15 is 0 Å². The molecule has 3 rings (SSSR count). The van der Waals surface area contributed by atoms with Gasteiger partial charge in [0.1, 0.15) is 23.4 Å². The molecule has 3 aromatic heterocycles. The van der Waals surface area contributed by atoms with Crippen LogP contribution in [0.1, 0.15) is 16.2 Å². The number of hydrogen-bond acceptors (Lipinski definition) is 5. The normalized spacial score (nSPS) is 10.8. The summed E-state index contributed by atoms with van der Waals surface area (Å²) in [4.78, 5) is 27.3. The fourth-order valence-corrected chi connectivity index (χ4v) is 1.98. The Hall–Kier alpha value is -2.47. The molecule has 6 nitrogen and oxygen atoms in total. The molecule has 0 radical (unpaired) electrons. The maximum Gasteiger partial charge on any atom is 0.232 e. The Morgan fingerprint density at radius 2 is 2.11 bits per heavy atom. The van der Waals surface area contributed by atoms with Gasteiger partial charge in [0.15, 0.2) is 0 Å². The van der Waals surface area contributed by atoms with Crippen LogP contribution < -0.4 is 5.73 Å². The van der Waals surface area contributed by atoms with Crippen LogP contribution in [0.4, 0.5) is 5.69 Å². The fourth-order valence-electron chi connectivity index (χ4n) is 1.81. The number of halogens is 1. The third-order valence-corrected chi connectivity index (χ3v) is 2.87. The molecule has 0 amide bonds. The number of H-pyrrole nitrogens is 1. The average Bonchev–Trinajstić information content (AvgIpc) is 2.86. The highest BCUT2D eigenvalue weighted by molar-refractivity contribution is 6.31. The van der Waals surface area contributed by atoms with E-state index in [0.717, 1.165) is 0 Å². The zero-order valence-corrected chi connectivity index (χ0v) is 10.3. The molecule has 19 heavy (non-hydrogen) atoms. The Morgan fingerprint density at radius 1 is 1.26 bits per heavy atom. The van der Waals surface area contributed by atoms with Crippen molar-refractivity contribution in [2.24, 2.45) is 0 Å². The van der Waals surface area contributed by atoms with E-state index in [1.807, 2.05) is 0 Å². The second kappa shape index (κ2) is 4.33. The van der Waals surface area contributed by atoms with Crippen LogP contribution in [0.5, 0.6) is 0 Å². The molecule has 0 fully saturated rings. The lowest BCUT2D eigenvalue weighted by Gasteiger charge is -2.04. The molecule has 0 unspecified atom stereocenters. The van der Waals surface area contributed by atoms with Crippen molar-refractivity contribution in [3.8, 4) is 0 Å². The van der Waals surface area contributed by atoms with Crippen LogP contribution >= 0.6 is 11.6 Å². The van der Waals surface area contributed by atoms with Crippen molar-refractivity contribution >= 4 is 34.1 Å². The molecule has 3 heterocycles. The van der Waals surface area contributed by atoms with E-state index in [-0.39, 0.29) is 22.9 Å². The van der Waals surface area contributed by atoms with Gasteiger partial charge in [-0.1, -0.05) is 11.6 Å². The zero-order chi connectivity index (χ0) is 13.4. The highest BCUT2D eigenvalue weighted by atomic mass is 35.5. The van der Waals surface area contributed by atoms with Crippen LogP contribution in [0.2, 0.25) is 5.02 Å². The molecule has 0 saturated heterocycles. The number of carbonyl (C=O) groups is 1. The lowest BCUT2D eigenvalue weighted by atomic mass is 10.1. The molecule has 0 aliphatic rings. The lowest BCUT2D eigenvalue weighted by molar-refractivity contribution is 0.103. The van der Waals surface area contributed by atoms with Gasteiger partial charge in [-0.25, -0.2) is 15.0 Å². The minimum absolute atomic E-state index is 0.130. The summed E-state index contributed by atoms with van der Waals surface area (Å²) in [5, 5.41) is 1.01. The molecule has 3 N–H and O–H groups in total. The second-order valence-corrected chi connectivity index (χ2v) is 4.32. The number of anilines is 1. The first-order valence-corrected chi connectivity index (χ1v) is 5.78. The van der Waals surface area contributed by atoms with Crippen LogP contribution in [0, 0.1) is 0 Å². The maximum absolute atomic E-state index is 12.4. The number of nitrogens with one attached hydrogen (secondary N) is 1. The number of aromatic nitrogens is 4. The molecule has 3 aromatic rings. The van der Waals surface area contributed by atoms with Crippen molar-refractivity contribution < 1.29 is 4.79 Å². The van der Waals surface area contributed by atoms with E-state index in [2.05, 4.69) is 19.9 Å². The summed E-state index contributed by atoms with van der Waals surface area (Å²) in [5.41, 5.74) is 6.96. The van der Waals surface area contributed by atoms with Gasteiger partial charge in [0.25, 0.3) is 0 Å². The van der Waals surface area contributed by atoms with Crippen molar-refractivity contribution in [2.45, 2.75) is 0 Å². The monoisotopic (exact) mass is 273 g/mol. The maximum atomic E-state index is 12.4. The Kier molecular flexibility index (Phi) is 2.64. The first-order chi connectivity index (χ1) is 9.16. The fraction of sp³-hybridized carbons (Fsp3) is 0. The standard InChI is InChI=1S/C12H8ClN5O/c13-6-3-8(14)10(16-4-6)11(19)9-7-1-2-15-12(7)18-5-17-9/h1-5H,14H2,(H,15,17,18). The van der Waals surface area contributed by atoms with Gasteiger partial charge in [-0.15, -0.1) is 0 Å². The van der Waals surface area contributed by atoms with Crippen molar-refractivity contribution in [3.05, 3.63) is 47.3 Å². The van der Waals surface area contributed by atoms with E-state index in [1.54, 1.807) is 12.3 Å². The number of pyridine rings is 1. The Balaban J connectivity index is 2.16. The van der Waals surface area contributed by atoms with Gasteiger partial charge in [0.05, 0.1) is 10.7 Å². The minimum Gasteiger partial charge on any atom is -0.397 e. The van der Waals surface area contributed by atoms with E-state index in [9.17, 15) is 4.79 Å². The topological polar surface area (TPSA) is 97.6 Å². The summed E-state index contributed by atoms with van der Waals surface area (Å²) in [6.07, 6.45) is 4.38. The van der Waals surface area contributed by atoms with Crippen molar-refractivity contribution in [2.75, 3.05) is 5.73 Å². The minimum atomic E-state index is -0.360. The highest BCUT2D eigenvalue weighted by Crippen LogP contribution is 2.21. The van der Waals surface area contributed by atoms with Gasteiger partial charge < -0.3 is 10.7 Å². The summed E-state index contributed by atoms with van der Waals surface area (Å²) in [6, 6.07) is 3.21. The van der Waals surface area contributed by atoms with E-state index in [0.29, 0.717) is 16.1 Å². The van der Waals surface area contributed by atoms with Gasteiger partial charge in [0, 0.05) is 17.8 Å². The third-order valence-electron chi connectivity index (χ3n) is 2.67. The van der Waals surface area contributed by atoms with Crippen LogP contribution in [-0.4, -0.2) is 25.7 Å². The van der Waals surface area contributed by atoms with E-state index in [4.69, 9.17) is 17.3 Å². The van der Waals surface area contributed by atoms with Crippen LogP contribution in [-0.2, 0) is 0 Å². The molecule has 0 aliphatic carbocycles. The molecule has 0 aliphatic heterocycles. The van der Waals surface area contributed by atoms with Gasteiger partial charge in [-0.2, -0.15) is 0 Å². The first-order valence-electron chi connectivity index (χ1n) is 5.40. The van der Waals surface area contributed by atoms with Crippen molar-refractivity contribution in [3.63, 3.8) is 0 Å². The Bertz CT molecular complexity index is 783. The molecular weight excluding hydrogens is 266 g/mol. The molecule has 0 saturated carbocycles. The first kappa shape index (κ1) is 11.6. The molecule has 0 spiro atoms. The van der Waals surface area contributed by atoms with Gasteiger partial charge >= 0.3 is 0 Å². The molecule has 0 bridgehead atoms. The third kappa shape index (κ3) is 1.92. The van der Waals surface area contributed by atoms with Gasteiger partial charge in [0.2, 0.25) is 5.78 Å². The average molecular weight is 274 g/mol. The molecule has 94 valence electrons. The van der Waals surface area contributed by atoms with Crippen LogP contribution in [0.25, 0.3) is 11.0 Å². The zero-order valence-electron chi connectivity index (χ0n) is 9.59. The number of nitrogens with two attached hydrogens (primary N) is 1. The number of aromatic amines is 1. The molecule has 7 heteroatoms. The summed E-state index contributed by atoms with van der Waals surface area (Å²) in [6.45, 7) is 0. The van der Waals surface area contributed by atoms with Crippen molar-refractivity contribution in [1.29, 1.82) is 0 Å². The number of carbonyl (C=O) groups excluding carboxylic acids is 1. The second-order valence-electron chi connectivity index (χ2n) is 3.88. The summed E-state index contributed by atoms with van der Waals surface area (Å²) in [5.74, 6) is -0.360. The number of rotatable bonds is 2. The smallest absolute Gasteiger partial charge is 0.232 e. The largest absolute Gasteiger partial charge is 0.397 e. The number of fused-ring (bicyclic) bond motifs is 1. The molecular formula is C12H8ClN5O. The Labute approximate surface area is 112 Å². The number of nitrogens with zero attached hydrogens (tertiary/aromatic N) is 3. The number of ketones is 1. The van der Waals surface area contributed by atoms with Crippen LogP contribution in [0.15, 0.2) is 30.9 Å². The van der Waals surface area contributed by atoms with Gasteiger partial charge in [-0.05, 0) is 12.1 Å². The summed E-state index contributed by atoms with van der Waals surface area (Å²) < 4.78 is 0. The summed E-state index contributed by atoms with van der Waals surface area (Å²) >= 11 is 5.76. The van der Waals surface area contributed by atoms with E-state index in [1.165, 1.54) is 18.6 Å². The SMILES string of the molecule is Nc1cc(Cl)cnc1C(=O)c1ncnc2[nH]ccc12.